The Bertz CT molecular complexity index is 689. The van der Waals surface area contributed by atoms with Gasteiger partial charge in [0, 0.05) is 18.6 Å². The minimum Gasteiger partial charge on any atom is -0.454 e. The van der Waals surface area contributed by atoms with Gasteiger partial charge in [-0.1, -0.05) is 11.3 Å². The largest absolute Gasteiger partial charge is 0.454 e. The van der Waals surface area contributed by atoms with Crippen LogP contribution in [0.3, 0.4) is 0 Å². The zero-order chi connectivity index (χ0) is 15.1. The second kappa shape index (κ2) is 5.57. The van der Waals surface area contributed by atoms with E-state index in [0.717, 1.165) is 52.8 Å². The predicted octanol–water partition coefficient (Wildman–Crippen LogP) is 1.86. The molecule has 6 nitrogen and oxygen atoms in total. The Morgan fingerprint density at radius 2 is 2.32 bits per heavy atom. The van der Waals surface area contributed by atoms with Crippen LogP contribution in [0, 0.1) is 0 Å². The summed E-state index contributed by atoms with van der Waals surface area (Å²) in [6.07, 6.45) is 2.22. The SMILES string of the molecule is CN1CCC[C@@H](Nc2nc3c4c(ccc3s2)OCO4)[C@@H](N)C1. The molecule has 0 aliphatic carbocycles. The number of nitrogens with two attached hydrogens (primary N) is 1. The molecule has 2 atom stereocenters. The van der Waals surface area contributed by atoms with Gasteiger partial charge in [-0.3, -0.25) is 0 Å². The number of likely N-dealkylation sites (tertiary alicyclic amines) is 1. The van der Waals surface area contributed by atoms with Crippen LogP contribution < -0.4 is 20.5 Å². The lowest BCUT2D eigenvalue weighted by Gasteiger charge is -2.23. The van der Waals surface area contributed by atoms with Crippen LogP contribution in [0.5, 0.6) is 11.5 Å². The van der Waals surface area contributed by atoms with Crippen molar-refractivity contribution in [1.29, 1.82) is 0 Å². The van der Waals surface area contributed by atoms with Gasteiger partial charge in [0.15, 0.2) is 16.6 Å². The molecule has 0 unspecified atom stereocenters. The van der Waals surface area contributed by atoms with Crippen LogP contribution in [0.15, 0.2) is 12.1 Å². The molecular formula is C15H20N4O2S. The van der Waals surface area contributed by atoms with Gasteiger partial charge in [-0.2, -0.15) is 0 Å². The molecule has 3 N–H and O–H groups in total. The van der Waals surface area contributed by atoms with Crippen molar-refractivity contribution in [2.45, 2.75) is 24.9 Å². The van der Waals surface area contributed by atoms with Crippen molar-refractivity contribution in [2.24, 2.45) is 5.73 Å². The zero-order valence-corrected chi connectivity index (χ0v) is 13.4. The van der Waals surface area contributed by atoms with Crippen molar-refractivity contribution in [3.8, 4) is 11.5 Å². The number of hydrogen-bond acceptors (Lipinski definition) is 7. The molecule has 0 radical (unpaired) electrons. The Labute approximate surface area is 133 Å². The normalized spacial score (nSPS) is 25.4. The number of nitrogens with one attached hydrogen (secondary N) is 1. The van der Waals surface area contributed by atoms with Gasteiger partial charge in [-0.05, 0) is 38.6 Å². The number of ether oxygens (including phenoxy) is 2. The maximum atomic E-state index is 6.33. The van der Waals surface area contributed by atoms with Crippen LogP contribution in [0.4, 0.5) is 5.13 Å². The van der Waals surface area contributed by atoms with E-state index >= 15 is 0 Å². The van der Waals surface area contributed by atoms with E-state index in [0.29, 0.717) is 0 Å². The summed E-state index contributed by atoms with van der Waals surface area (Å²) in [5, 5.41) is 4.44. The molecule has 22 heavy (non-hydrogen) atoms. The lowest BCUT2D eigenvalue weighted by molar-refractivity contribution is 0.174. The van der Waals surface area contributed by atoms with Gasteiger partial charge < -0.3 is 25.4 Å². The first kappa shape index (κ1) is 14.0. The first-order valence-corrected chi connectivity index (χ1v) is 8.42. The first-order chi connectivity index (χ1) is 10.7. The quantitative estimate of drug-likeness (QED) is 0.880. The van der Waals surface area contributed by atoms with Crippen molar-refractivity contribution >= 4 is 26.7 Å². The summed E-state index contributed by atoms with van der Waals surface area (Å²) >= 11 is 1.64. The second-order valence-corrected chi connectivity index (χ2v) is 7.01. The maximum absolute atomic E-state index is 6.33. The molecule has 0 bridgehead atoms. The van der Waals surface area contributed by atoms with Crippen LogP contribution in [0.25, 0.3) is 10.2 Å². The highest BCUT2D eigenvalue weighted by Gasteiger charge is 2.25. The fraction of sp³-hybridized carbons (Fsp3) is 0.533. The van der Waals surface area contributed by atoms with E-state index in [1.807, 2.05) is 12.1 Å². The zero-order valence-electron chi connectivity index (χ0n) is 12.5. The molecule has 1 saturated heterocycles. The van der Waals surface area contributed by atoms with Crippen molar-refractivity contribution in [3.05, 3.63) is 12.1 Å². The van der Waals surface area contributed by atoms with E-state index in [2.05, 4.69) is 17.3 Å². The van der Waals surface area contributed by atoms with Gasteiger partial charge >= 0.3 is 0 Å². The van der Waals surface area contributed by atoms with Gasteiger partial charge in [0.25, 0.3) is 0 Å². The molecule has 118 valence electrons. The molecule has 1 fully saturated rings. The van der Waals surface area contributed by atoms with Crippen LogP contribution in [0.2, 0.25) is 0 Å². The number of thiazole rings is 1. The second-order valence-electron chi connectivity index (χ2n) is 5.98. The third-order valence-electron chi connectivity index (χ3n) is 4.30. The fourth-order valence-electron chi connectivity index (χ4n) is 3.13. The monoisotopic (exact) mass is 320 g/mol. The summed E-state index contributed by atoms with van der Waals surface area (Å²) < 4.78 is 12.0. The number of anilines is 1. The summed E-state index contributed by atoms with van der Waals surface area (Å²) in [4.78, 5) is 6.99. The predicted molar refractivity (Wildman–Crippen MR) is 87.9 cm³/mol. The highest BCUT2D eigenvalue weighted by molar-refractivity contribution is 7.22. The molecule has 2 aliphatic rings. The standard InChI is InChI=1S/C15H20N4O2S/c1-19-6-2-3-10(9(16)7-19)17-15-18-13-12(22-15)5-4-11-14(13)21-8-20-11/h4-5,9-10H,2-3,6-8,16H2,1H3,(H,17,18)/t9-,10+/m0/s1. The van der Waals surface area contributed by atoms with E-state index in [-0.39, 0.29) is 18.9 Å². The molecule has 0 spiro atoms. The molecule has 1 aromatic heterocycles. The molecular weight excluding hydrogens is 300 g/mol. The average molecular weight is 320 g/mol. The molecule has 3 heterocycles. The van der Waals surface area contributed by atoms with Crippen molar-refractivity contribution < 1.29 is 9.47 Å². The van der Waals surface area contributed by atoms with Crippen molar-refractivity contribution in [3.63, 3.8) is 0 Å². The van der Waals surface area contributed by atoms with E-state index in [1.54, 1.807) is 11.3 Å². The summed E-state index contributed by atoms with van der Waals surface area (Å²) in [6.45, 7) is 2.29. The fourth-order valence-corrected chi connectivity index (χ4v) is 4.06. The summed E-state index contributed by atoms with van der Waals surface area (Å²) in [5.74, 6) is 1.53. The van der Waals surface area contributed by atoms with Gasteiger partial charge in [0.05, 0.1) is 4.70 Å². The molecule has 2 aliphatic heterocycles. The molecule has 4 rings (SSSR count). The van der Waals surface area contributed by atoms with Gasteiger partial charge in [0.1, 0.15) is 5.52 Å². The van der Waals surface area contributed by atoms with E-state index in [4.69, 9.17) is 20.2 Å². The highest BCUT2D eigenvalue weighted by atomic mass is 32.1. The molecule has 7 heteroatoms. The Morgan fingerprint density at radius 3 is 3.23 bits per heavy atom. The first-order valence-electron chi connectivity index (χ1n) is 7.60. The van der Waals surface area contributed by atoms with Crippen LogP contribution in [0.1, 0.15) is 12.8 Å². The molecule has 1 aromatic carbocycles. The summed E-state index contributed by atoms with van der Waals surface area (Å²) in [5.41, 5.74) is 7.21. The Hall–Kier alpha value is -1.57. The van der Waals surface area contributed by atoms with Gasteiger partial charge in [-0.15, -0.1) is 0 Å². The van der Waals surface area contributed by atoms with Crippen molar-refractivity contribution in [2.75, 3.05) is 32.2 Å². The third kappa shape index (κ3) is 2.49. The third-order valence-corrected chi connectivity index (χ3v) is 5.25. The average Bonchev–Trinajstić information content (AvgIpc) is 3.07. The number of fused-ring (bicyclic) bond motifs is 3. The Kier molecular flexibility index (Phi) is 3.56. The number of rotatable bonds is 2. The van der Waals surface area contributed by atoms with Gasteiger partial charge in [-0.25, -0.2) is 4.98 Å². The van der Waals surface area contributed by atoms with Crippen LogP contribution in [-0.2, 0) is 0 Å². The number of hydrogen-bond donors (Lipinski definition) is 2. The number of likely N-dealkylation sites (N-methyl/N-ethyl adjacent to an activating group) is 1. The van der Waals surface area contributed by atoms with Crippen LogP contribution >= 0.6 is 11.3 Å². The smallest absolute Gasteiger partial charge is 0.231 e. The number of nitrogens with zero attached hydrogens (tertiary/aromatic N) is 2. The molecule has 0 saturated carbocycles. The lowest BCUT2D eigenvalue weighted by atomic mass is 10.1. The topological polar surface area (TPSA) is 72.6 Å². The molecule has 0 amide bonds. The highest BCUT2D eigenvalue weighted by Crippen LogP contribution is 2.41. The van der Waals surface area contributed by atoms with Gasteiger partial charge in [0.2, 0.25) is 6.79 Å². The minimum atomic E-state index is 0.116. The van der Waals surface area contributed by atoms with Crippen molar-refractivity contribution in [1.82, 2.24) is 9.88 Å². The van der Waals surface area contributed by atoms with E-state index < -0.39 is 0 Å². The number of aromatic nitrogens is 1. The Morgan fingerprint density at radius 1 is 1.41 bits per heavy atom. The van der Waals surface area contributed by atoms with Crippen LogP contribution in [-0.4, -0.2) is 48.9 Å². The number of benzene rings is 1. The molecule has 2 aromatic rings. The van der Waals surface area contributed by atoms with E-state index in [1.165, 1.54) is 0 Å². The Balaban J connectivity index is 1.59. The summed E-state index contributed by atoms with van der Waals surface area (Å²) in [7, 11) is 2.13. The maximum Gasteiger partial charge on any atom is 0.231 e. The lowest BCUT2D eigenvalue weighted by Crippen LogP contribution is -2.45. The minimum absolute atomic E-state index is 0.116. The summed E-state index contributed by atoms with van der Waals surface area (Å²) in [6, 6.07) is 4.35. The van der Waals surface area contributed by atoms with E-state index in [9.17, 15) is 0 Å².